The molecule has 1 heterocycles. The van der Waals surface area contributed by atoms with E-state index in [1.807, 2.05) is 30.9 Å². The van der Waals surface area contributed by atoms with E-state index < -0.39 is 5.41 Å². The van der Waals surface area contributed by atoms with Crippen LogP contribution < -0.4 is 5.32 Å². The number of carbonyl (C=O) groups is 1. The fourth-order valence-electron chi connectivity index (χ4n) is 3.54. The van der Waals surface area contributed by atoms with Crippen molar-refractivity contribution in [3.63, 3.8) is 0 Å². The summed E-state index contributed by atoms with van der Waals surface area (Å²) in [6.45, 7) is 9.16. The van der Waals surface area contributed by atoms with E-state index in [2.05, 4.69) is 66.5 Å². The van der Waals surface area contributed by atoms with E-state index in [0.717, 1.165) is 6.54 Å². The zero-order valence-corrected chi connectivity index (χ0v) is 18.8. The summed E-state index contributed by atoms with van der Waals surface area (Å²) in [6, 6.07) is 15.1. The van der Waals surface area contributed by atoms with Crippen LogP contribution in [-0.4, -0.2) is 43.7 Å². The Morgan fingerprint density at radius 1 is 1.20 bits per heavy atom. The number of hydrogen-bond donors (Lipinski definition) is 1. The lowest BCUT2D eigenvalue weighted by Gasteiger charge is -2.31. The van der Waals surface area contributed by atoms with Gasteiger partial charge in [0, 0.05) is 25.7 Å². The van der Waals surface area contributed by atoms with Gasteiger partial charge in [0.05, 0.1) is 13.2 Å². The number of allylic oxidation sites excluding steroid dienone is 1. The predicted molar refractivity (Wildman–Crippen MR) is 126 cm³/mol. The van der Waals surface area contributed by atoms with Crippen molar-refractivity contribution in [2.24, 2.45) is 5.41 Å². The van der Waals surface area contributed by atoms with Crippen molar-refractivity contribution >= 4 is 29.1 Å². The highest BCUT2D eigenvalue weighted by Gasteiger charge is 2.31. The first-order chi connectivity index (χ1) is 14.0. The number of morpholine rings is 1. The highest BCUT2D eigenvalue weighted by Crippen LogP contribution is 2.24. The summed E-state index contributed by atoms with van der Waals surface area (Å²) in [6.07, 6.45) is 3.83. The van der Waals surface area contributed by atoms with Crippen LogP contribution in [0.4, 0.5) is 0 Å². The van der Waals surface area contributed by atoms with Gasteiger partial charge in [-0.1, -0.05) is 60.4 Å². The Labute approximate surface area is 186 Å². The summed E-state index contributed by atoms with van der Waals surface area (Å²) in [7, 11) is 0. The summed E-state index contributed by atoms with van der Waals surface area (Å²) >= 11 is 0. The van der Waals surface area contributed by atoms with E-state index in [9.17, 15) is 4.79 Å². The molecule has 1 atom stereocenters. The molecule has 0 radical (unpaired) electrons. The standard InChI is InChI=1S/C25H30N2O2.ClH/c1-20(22-13-9-11-21-10-5-6-12-23(21)22)26-15-8-4-7-14-25(2,3)24(28)27-16-18-29-19-17-27;/h4-6,8-13,20,26H,15-19H2,1-3H3;1H/b8-4+;/t20-;/m1./s1. The molecule has 160 valence electrons. The lowest BCUT2D eigenvalue weighted by atomic mass is 9.92. The maximum atomic E-state index is 12.6. The average molecular weight is 427 g/mol. The van der Waals surface area contributed by atoms with E-state index in [-0.39, 0.29) is 24.4 Å². The molecule has 30 heavy (non-hydrogen) atoms. The van der Waals surface area contributed by atoms with E-state index in [4.69, 9.17) is 4.74 Å². The Hall–Kier alpha value is -2.32. The number of hydrogen-bond acceptors (Lipinski definition) is 3. The summed E-state index contributed by atoms with van der Waals surface area (Å²) in [5.41, 5.74) is 0.602. The second-order valence-electron chi connectivity index (χ2n) is 7.90. The van der Waals surface area contributed by atoms with Gasteiger partial charge in [0.25, 0.3) is 0 Å². The van der Waals surface area contributed by atoms with Crippen LogP contribution in [0.2, 0.25) is 0 Å². The molecule has 5 heteroatoms. The smallest absolute Gasteiger partial charge is 0.240 e. The van der Waals surface area contributed by atoms with Gasteiger partial charge in [0.1, 0.15) is 5.41 Å². The molecule has 4 nitrogen and oxygen atoms in total. The summed E-state index contributed by atoms with van der Waals surface area (Å²) < 4.78 is 5.31. The van der Waals surface area contributed by atoms with Crippen LogP contribution >= 0.6 is 12.4 Å². The molecule has 2 aromatic carbocycles. The van der Waals surface area contributed by atoms with E-state index >= 15 is 0 Å². The van der Waals surface area contributed by atoms with Crippen LogP contribution in [0.5, 0.6) is 0 Å². The molecule has 0 unspecified atom stereocenters. The SMILES string of the molecule is C[C@@H](NC/C=C/C#CC(C)(C)C(=O)N1CCOCC1)c1cccc2ccccc12.Cl. The third-order valence-corrected chi connectivity index (χ3v) is 5.25. The highest BCUT2D eigenvalue weighted by molar-refractivity contribution is 5.86. The van der Waals surface area contributed by atoms with Crippen LogP contribution in [0, 0.1) is 17.3 Å². The highest BCUT2D eigenvalue weighted by atomic mass is 35.5. The Balaban J connectivity index is 0.00000320. The largest absolute Gasteiger partial charge is 0.378 e. The lowest BCUT2D eigenvalue weighted by molar-refractivity contribution is -0.141. The molecule has 0 saturated carbocycles. The Kier molecular flexibility index (Phi) is 8.92. The summed E-state index contributed by atoms with van der Waals surface area (Å²) in [4.78, 5) is 14.5. The van der Waals surface area contributed by atoms with Crippen LogP contribution in [0.1, 0.15) is 32.4 Å². The number of benzene rings is 2. The van der Waals surface area contributed by atoms with Gasteiger partial charge < -0.3 is 15.0 Å². The molecule has 0 spiro atoms. The van der Waals surface area contributed by atoms with Crippen molar-refractivity contribution < 1.29 is 9.53 Å². The molecule has 1 fully saturated rings. The monoisotopic (exact) mass is 426 g/mol. The second-order valence-corrected chi connectivity index (χ2v) is 7.90. The number of nitrogens with zero attached hydrogens (tertiary/aromatic N) is 1. The Morgan fingerprint density at radius 3 is 2.67 bits per heavy atom. The van der Waals surface area contributed by atoms with Crippen LogP contribution in [0.15, 0.2) is 54.6 Å². The first kappa shape index (κ1) is 24.0. The van der Waals surface area contributed by atoms with Crippen molar-refractivity contribution in [3.8, 4) is 11.8 Å². The van der Waals surface area contributed by atoms with Gasteiger partial charge in [-0.15, -0.1) is 12.4 Å². The normalized spacial score (nSPS) is 15.4. The zero-order chi connectivity index (χ0) is 20.7. The van der Waals surface area contributed by atoms with Crippen LogP contribution in [0.25, 0.3) is 10.8 Å². The number of nitrogens with one attached hydrogen (secondary N) is 1. The number of halogens is 1. The number of rotatable bonds is 5. The van der Waals surface area contributed by atoms with Crippen LogP contribution in [-0.2, 0) is 9.53 Å². The van der Waals surface area contributed by atoms with Gasteiger partial charge in [-0.05, 0) is 43.2 Å². The van der Waals surface area contributed by atoms with Gasteiger partial charge in [-0.2, -0.15) is 0 Å². The minimum Gasteiger partial charge on any atom is -0.378 e. The zero-order valence-electron chi connectivity index (χ0n) is 18.0. The number of amides is 1. The van der Waals surface area contributed by atoms with Crippen molar-refractivity contribution in [2.75, 3.05) is 32.8 Å². The van der Waals surface area contributed by atoms with Gasteiger partial charge in [0.2, 0.25) is 5.91 Å². The molecule has 0 aliphatic carbocycles. The molecule has 3 rings (SSSR count). The van der Waals surface area contributed by atoms with Crippen molar-refractivity contribution in [2.45, 2.75) is 26.8 Å². The fraction of sp³-hybridized carbons (Fsp3) is 0.400. The van der Waals surface area contributed by atoms with Gasteiger partial charge in [-0.25, -0.2) is 0 Å². The maximum absolute atomic E-state index is 12.6. The molecular weight excluding hydrogens is 396 g/mol. The Bertz CT molecular complexity index is 932. The maximum Gasteiger partial charge on any atom is 0.240 e. The van der Waals surface area contributed by atoms with E-state index in [0.29, 0.717) is 26.3 Å². The van der Waals surface area contributed by atoms with Crippen LogP contribution in [0.3, 0.4) is 0 Å². The molecule has 0 bridgehead atoms. The molecule has 1 saturated heterocycles. The summed E-state index contributed by atoms with van der Waals surface area (Å²) in [5, 5.41) is 6.06. The second kappa shape index (κ2) is 11.2. The molecule has 1 aliphatic heterocycles. The fourth-order valence-corrected chi connectivity index (χ4v) is 3.54. The number of ether oxygens (including phenoxy) is 1. The Morgan fingerprint density at radius 2 is 1.90 bits per heavy atom. The van der Waals surface area contributed by atoms with Crippen molar-refractivity contribution in [3.05, 3.63) is 60.2 Å². The molecule has 0 aromatic heterocycles. The molecule has 1 N–H and O–H groups in total. The predicted octanol–water partition coefficient (Wildman–Crippen LogP) is 4.36. The lowest BCUT2D eigenvalue weighted by Crippen LogP contribution is -2.46. The number of fused-ring (bicyclic) bond motifs is 1. The summed E-state index contributed by atoms with van der Waals surface area (Å²) in [5.74, 6) is 6.22. The molecule has 1 aliphatic rings. The third-order valence-electron chi connectivity index (χ3n) is 5.25. The van der Waals surface area contributed by atoms with Crippen molar-refractivity contribution in [1.29, 1.82) is 0 Å². The van der Waals surface area contributed by atoms with Gasteiger partial charge in [-0.3, -0.25) is 4.79 Å². The van der Waals surface area contributed by atoms with E-state index in [1.165, 1.54) is 16.3 Å². The average Bonchev–Trinajstić information content (AvgIpc) is 2.75. The first-order valence-corrected chi connectivity index (χ1v) is 10.2. The minimum atomic E-state index is -0.689. The quantitative estimate of drug-likeness (QED) is 0.722. The topological polar surface area (TPSA) is 41.6 Å². The number of carbonyl (C=O) groups excluding carboxylic acids is 1. The first-order valence-electron chi connectivity index (χ1n) is 10.2. The van der Waals surface area contributed by atoms with Gasteiger partial charge >= 0.3 is 0 Å². The molecule has 2 aromatic rings. The van der Waals surface area contributed by atoms with E-state index in [1.54, 1.807) is 0 Å². The minimum absolute atomic E-state index is 0. The van der Waals surface area contributed by atoms with Crippen molar-refractivity contribution in [1.82, 2.24) is 10.2 Å². The molecular formula is C25H31ClN2O2. The third kappa shape index (κ3) is 6.09. The van der Waals surface area contributed by atoms with Gasteiger partial charge in [0.15, 0.2) is 0 Å². The molecule has 1 amide bonds.